The zero-order valence-corrected chi connectivity index (χ0v) is 18.3. The van der Waals surface area contributed by atoms with E-state index in [9.17, 15) is 0 Å². The standard InChI is InChI=1S/C25H31N5O/c1-19-10-12-20(13-11-19)23(30-14-6-7-15-30)17-28-25(26-2)27-16-22-18-31-24(29-22)21-8-4-3-5-9-21/h3-5,8-13,18,23H,6-7,14-17H2,1-2H3,(H2,26,27,28). The van der Waals surface area contributed by atoms with Gasteiger partial charge in [0.05, 0.1) is 18.3 Å². The van der Waals surface area contributed by atoms with Gasteiger partial charge < -0.3 is 15.1 Å². The highest BCUT2D eigenvalue weighted by Crippen LogP contribution is 2.25. The van der Waals surface area contributed by atoms with Gasteiger partial charge in [-0.05, 0) is 50.6 Å². The van der Waals surface area contributed by atoms with Crippen LogP contribution in [-0.2, 0) is 6.54 Å². The van der Waals surface area contributed by atoms with E-state index in [1.54, 1.807) is 13.3 Å². The number of benzene rings is 2. The Morgan fingerprint density at radius 3 is 2.52 bits per heavy atom. The molecule has 162 valence electrons. The Hall–Kier alpha value is -3.12. The van der Waals surface area contributed by atoms with Crippen LogP contribution in [0.3, 0.4) is 0 Å². The van der Waals surface area contributed by atoms with Crippen LogP contribution in [0, 0.1) is 6.92 Å². The van der Waals surface area contributed by atoms with Crippen molar-refractivity contribution in [3.8, 4) is 11.5 Å². The van der Waals surface area contributed by atoms with E-state index in [2.05, 4.69) is 56.7 Å². The van der Waals surface area contributed by atoms with Crippen molar-refractivity contribution in [3.63, 3.8) is 0 Å². The molecule has 1 unspecified atom stereocenters. The van der Waals surface area contributed by atoms with Crippen molar-refractivity contribution in [3.05, 3.63) is 77.7 Å². The van der Waals surface area contributed by atoms with Crippen LogP contribution in [0.25, 0.3) is 11.5 Å². The van der Waals surface area contributed by atoms with Crippen molar-refractivity contribution in [2.75, 3.05) is 26.7 Å². The number of nitrogens with one attached hydrogen (secondary N) is 2. The van der Waals surface area contributed by atoms with Gasteiger partial charge in [0.25, 0.3) is 0 Å². The van der Waals surface area contributed by atoms with Crippen LogP contribution in [0.5, 0.6) is 0 Å². The van der Waals surface area contributed by atoms with Gasteiger partial charge in [-0.2, -0.15) is 0 Å². The maximum absolute atomic E-state index is 5.63. The molecule has 1 aliphatic heterocycles. The summed E-state index contributed by atoms with van der Waals surface area (Å²) in [7, 11) is 1.80. The van der Waals surface area contributed by atoms with Gasteiger partial charge in [-0.3, -0.25) is 9.89 Å². The summed E-state index contributed by atoms with van der Waals surface area (Å²) in [6, 6.07) is 19.1. The summed E-state index contributed by atoms with van der Waals surface area (Å²) in [5.74, 6) is 1.40. The Morgan fingerprint density at radius 1 is 1.06 bits per heavy atom. The Balaban J connectivity index is 1.35. The molecule has 1 atom stereocenters. The molecule has 1 aliphatic rings. The van der Waals surface area contributed by atoms with E-state index in [4.69, 9.17) is 4.42 Å². The molecule has 0 spiro atoms. The Labute approximate surface area is 184 Å². The fourth-order valence-electron chi connectivity index (χ4n) is 3.99. The molecule has 31 heavy (non-hydrogen) atoms. The molecule has 0 radical (unpaired) electrons. The predicted molar refractivity (Wildman–Crippen MR) is 125 cm³/mol. The number of hydrogen-bond donors (Lipinski definition) is 2. The largest absolute Gasteiger partial charge is 0.444 e. The van der Waals surface area contributed by atoms with Crippen LogP contribution in [-0.4, -0.2) is 42.5 Å². The van der Waals surface area contributed by atoms with E-state index in [0.29, 0.717) is 18.5 Å². The number of guanidine groups is 1. The van der Waals surface area contributed by atoms with E-state index in [-0.39, 0.29) is 0 Å². The summed E-state index contributed by atoms with van der Waals surface area (Å²) in [5.41, 5.74) is 4.45. The zero-order valence-electron chi connectivity index (χ0n) is 18.3. The normalized spacial score (nSPS) is 15.7. The molecule has 0 saturated carbocycles. The van der Waals surface area contributed by atoms with E-state index in [1.807, 2.05) is 30.3 Å². The molecule has 1 saturated heterocycles. The minimum absolute atomic E-state index is 0.332. The molecule has 3 aromatic rings. The first-order valence-corrected chi connectivity index (χ1v) is 11.0. The van der Waals surface area contributed by atoms with Crippen LogP contribution >= 0.6 is 0 Å². The second-order valence-electron chi connectivity index (χ2n) is 7.99. The van der Waals surface area contributed by atoms with Crippen molar-refractivity contribution < 1.29 is 4.42 Å². The van der Waals surface area contributed by atoms with Gasteiger partial charge in [0.15, 0.2) is 5.96 Å². The molecule has 1 fully saturated rings. The summed E-state index contributed by atoms with van der Waals surface area (Å²) < 4.78 is 5.63. The quantitative estimate of drug-likeness (QED) is 0.447. The smallest absolute Gasteiger partial charge is 0.226 e. The second kappa shape index (κ2) is 10.3. The highest BCUT2D eigenvalue weighted by molar-refractivity contribution is 5.79. The Bertz CT molecular complexity index is 975. The lowest BCUT2D eigenvalue weighted by atomic mass is 10.0. The number of oxazole rings is 1. The SMILES string of the molecule is CN=C(NCc1coc(-c2ccccc2)n1)NCC(c1ccc(C)cc1)N1CCCC1. The molecule has 0 bridgehead atoms. The van der Waals surface area contributed by atoms with Crippen molar-refractivity contribution in [2.45, 2.75) is 32.4 Å². The molecule has 1 aromatic heterocycles. The first kappa shape index (κ1) is 21.1. The summed E-state index contributed by atoms with van der Waals surface area (Å²) in [6.07, 6.45) is 4.23. The van der Waals surface area contributed by atoms with E-state index >= 15 is 0 Å². The molecule has 2 aromatic carbocycles. The highest BCUT2D eigenvalue weighted by atomic mass is 16.3. The number of nitrogens with zero attached hydrogens (tertiary/aromatic N) is 3. The predicted octanol–water partition coefficient (Wildman–Crippen LogP) is 4.15. The molecule has 0 aliphatic carbocycles. The lowest BCUT2D eigenvalue weighted by Crippen LogP contribution is -2.42. The number of aromatic nitrogens is 1. The fraction of sp³-hybridized carbons (Fsp3) is 0.360. The second-order valence-corrected chi connectivity index (χ2v) is 7.99. The third-order valence-corrected chi connectivity index (χ3v) is 5.74. The van der Waals surface area contributed by atoms with Gasteiger partial charge in [-0.1, -0.05) is 48.0 Å². The van der Waals surface area contributed by atoms with E-state index in [0.717, 1.165) is 36.9 Å². The number of aryl methyl sites for hydroxylation is 1. The lowest BCUT2D eigenvalue weighted by Gasteiger charge is -2.29. The third kappa shape index (κ3) is 5.52. The van der Waals surface area contributed by atoms with Crippen molar-refractivity contribution >= 4 is 5.96 Å². The van der Waals surface area contributed by atoms with Crippen LogP contribution in [0.15, 0.2) is 70.3 Å². The van der Waals surface area contributed by atoms with E-state index in [1.165, 1.54) is 24.0 Å². The Kier molecular flexibility index (Phi) is 6.99. The van der Waals surface area contributed by atoms with Crippen LogP contribution in [0.4, 0.5) is 0 Å². The van der Waals surface area contributed by atoms with Gasteiger partial charge >= 0.3 is 0 Å². The van der Waals surface area contributed by atoms with Gasteiger partial charge in [0.2, 0.25) is 5.89 Å². The maximum Gasteiger partial charge on any atom is 0.226 e. The lowest BCUT2D eigenvalue weighted by molar-refractivity contribution is 0.245. The molecule has 0 amide bonds. The molecule has 6 nitrogen and oxygen atoms in total. The first-order valence-electron chi connectivity index (χ1n) is 11.0. The summed E-state index contributed by atoms with van der Waals surface area (Å²) in [5, 5.41) is 6.86. The summed E-state index contributed by atoms with van der Waals surface area (Å²) in [6.45, 7) is 5.78. The fourth-order valence-corrected chi connectivity index (χ4v) is 3.99. The molecule has 2 heterocycles. The monoisotopic (exact) mass is 417 g/mol. The number of hydrogen-bond acceptors (Lipinski definition) is 4. The van der Waals surface area contributed by atoms with Gasteiger partial charge in [0, 0.05) is 19.2 Å². The average molecular weight is 418 g/mol. The van der Waals surface area contributed by atoms with Crippen LogP contribution in [0.2, 0.25) is 0 Å². The van der Waals surface area contributed by atoms with Gasteiger partial charge in [-0.25, -0.2) is 4.98 Å². The third-order valence-electron chi connectivity index (χ3n) is 5.74. The van der Waals surface area contributed by atoms with E-state index < -0.39 is 0 Å². The average Bonchev–Trinajstić information content (AvgIpc) is 3.50. The number of rotatable bonds is 7. The molecule has 2 N–H and O–H groups in total. The molecular formula is C25H31N5O. The highest BCUT2D eigenvalue weighted by Gasteiger charge is 2.23. The topological polar surface area (TPSA) is 65.7 Å². The van der Waals surface area contributed by atoms with Crippen molar-refractivity contribution in [1.29, 1.82) is 0 Å². The minimum atomic E-state index is 0.332. The zero-order chi connectivity index (χ0) is 21.5. The molecule has 6 heteroatoms. The minimum Gasteiger partial charge on any atom is -0.444 e. The summed E-state index contributed by atoms with van der Waals surface area (Å²) in [4.78, 5) is 11.5. The van der Waals surface area contributed by atoms with Gasteiger partial charge in [-0.15, -0.1) is 0 Å². The first-order chi connectivity index (χ1) is 15.2. The van der Waals surface area contributed by atoms with Crippen LogP contribution < -0.4 is 10.6 Å². The molecule has 4 rings (SSSR count). The summed E-state index contributed by atoms with van der Waals surface area (Å²) >= 11 is 0. The Morgan fingerprint density at radius 2 is 1.81 bits per heavy atom. The van der Waals surface area contributed by atoms with Crippen molar-refractivity contribution in [2.24, 2.45) is 4.99 Å². The number of aliphatic imine (C=N–C) groups is 1. The van der Waals surface area contributed by atoms with Gasteiger partial charge in [0.1, 0.15) is 6.26 Å². The molecular weight excluding hydrogens is 386 g/mol. The van der Waals surface area contributed by atoms with Crippen molar-refractivity contribution in [1.82, 2.24) is 20.5 Å². The maximum atomic E-state index is 5.63. The van der Waals surface area contributed by atoms with Crippen LogP contribution in [0.1, 0.15) is 35.7 Å². The number of likely N-dealkylation sites (tertiary alicyclic amines) is 1.